The number of hydrogen-bond acceptors (Lipinski definition) is 15. The second-order valence-electron chi connectivity index (χ2n) is 25.4. The van der Waals surface area contributed by atoms with Crippen molar-refractivity contribution in [2.24, 2.45) is 5.92 Å². The van der Waals surface area contributed by atoms with Gasteiger partial charge in [0.25, 0.3) is 0 Å². The Morgan fingerprint density at radius 3 is 0.773 bits per heavy atom. The Bertz CT molecular complexity index is 1700. The van der Waals surface area contributed by atoms with E-state index in [1.54, 1.807) is 0 Å². The first-order valence-electron chi connectivity index (χ1n) is 36.1. The molecule has 0 saturated carbocycles. The molecule has 0 saturated heterocycles. The van der Waals surface area contributed by atoms with Gasteiger partial charge in [-0.05, 0) is 31.6 Å². The molecule has 0 aromatic heterocycles. The number of unbranched alkanes of at least 4 members (excludes halogenated alkanes) is 41. The summed E-state index contributed by atoms with van der Waals surface area (Å²) in [7, 11) is -9.89. The Labute approximate surface area is 537 Å². The van der Waals surface area contributed by atoms with Gasteiger partial charge in [-0.25, -0.2) is 9.13 Å². The molecule has 5 atom stereocenters. The lowest BCUT2D eigenvalue weighted by Crippen LogP contribution is -2.30. The van der Waals surface area contributed by atoms with Gasteiger partial charge in [0.1, 0.15) is 19.3 Å². The number of ether oxygens (including phenoxy) is 4. The molecule has 0 aromatic carbocycles. The van der Waals surface area contributed by atoms with E-state index in [4.69, 9.17) is 37.0 Å². The predicted octanol–water partition coefficient (Wildman–Crippen LogP) is 19.7. The van der Waals surface area contributed by atoms with E-state index in [1.165, 1.54) is 173 Å². The number of rotatable bonds is 69. The van der Waals surface area contributed by atoms with Crippen LogP contribution in [-0.4, -0.2) is 96.7 Å². The highest BCUT2D eigenvalue weighted by Gasteiger charge is 2.30. The number of hydrogen-bond donors (Lipinski definition) is 3. The van der Waals surface area contributed by atoms with Gasteiger partial charge >= 0.3 is 39.5 Å². The van der Waals surface area contributed by atoms with Crippen molar-refractivity contribution >= 4 is 39.5 Å². The molecule has 522 valence electrons. The average Bonchev–Trinajstić information content (AvgIpc) is 3.49. The number of phosphoric ester groups is 2. The topological polar surface area (TPSA) is 237 Å². The minimum Gasteiger partial charge on any atom is -0.462 e. The van der Waals surface area contributed by atoms with Gasteiger partial charge in [0.05, 0.1) is 26.4 Å². The highest BCUT2D eigenvalue weighted by molar-refractivity contribution is 7.47. The van der Waals surface area contributed by atoms with Crippen LogP contribution in [0, 0.1) is 5.92 Å². The molecule has 0 spiro atoms. The maximum atomic E-state index is 13.0. The Morgan fingerprint density at radius 1 is 0.307 bits per heavy atom. The van der Waals surface area contributed by atoms with E-state index in [-0.39, 0.29) is 25.7 Å². The van der Waals surface area contributed by atoms with Crippen molar-refractivity contribution in [3.8, 4) is 0 Å². The molecule has 0 rings (SSSR count). The lowest BCUT2D eigenvalue weighted by Gasteiger charge is -2.21. The van der Waals surface area contributed by atoms with E-state index in [1.807, 2.05) is 0 Å². The summed E-state index contributed by atoms with van der Waals surface area (Å²) in [5.41, 5.74) is 0. The monoisotopic (exact) mass is 1300 g/mol. The predicted molar refractivity (Wildman–Crippen MR) is 354 cm³/mol. The fourth-order valence-corrected chi connectivity index (χ4v) is 12.0. The second kappa shape index (κ2) is 62.5. The normalized spacial score (nSPS) is 14.1. The molecule has 0 aliphatic carbocycles. The summed E-state index contributed by atoms with van der Waals surface area (Å²) in [6.07, 6.45) is 48.9. The zero-order chi connectivity index (χ0) is 64.9. The Kier molecular flexibility index (Phi) is 61.1. The van der Waals surface area contributed by atoms with Crippen molar-refractivity contribution in [1.29, 1.82) is 0 Å². The maximum Gasteiger partial charge on any atom is 0.472 e. The van der Waals surface area contributed by atoms with Gasteiger partial charge in [-0.2, -0.15) is 0 Å². The zero-order valence-corrected chi connectivity index (χ0v) is 58.6. The molecule has 0 heterocycles. The molecule has 2 unspecified atom stereocenters. The van der Waals surface area contributed by atoms with Crippen molar-refractivity contribution < 1.29 is 80.2 Å². The standard InChI is InChI=1S/C69H134O17P2/c1-6-9-12-15-17-19-21-23-25-26-27-29-31-35-39-44-49-54-68(73)86-65(59-80-67(72)53-48-43-38-34-30-28-24-22-20-18-16-13-10-7-2)61-84-88(77,78)82-57-63(70)56-81-87(75,76)83-60-64(58-79-66(71)52-47-41-14-11-8-3)85-69(74)55-50-45-40-36-32-33-37-42-46-51-62(4)5/h62-65,70H,6-61H2,1-5H3,(H,75,76)(H,77,78)/t63-,64+,65+/m0/s1. The summed E-state index contributed by atoms with van der Waals surface area (Å²) in [5.74, 6) is -1.40. The molecule has 0 aliphatic rings. The first-order valence-corrected chi connectivity index (χ1v) is 39.1. The van der Waals surface area contributed by atoms with Gasteiger partial charge in [-0.15, -0.1) is 0 Å². The molecular formula is C69H134O17P2. The van der Waals surface area contributed by atoms with E-state index in [2.05, 4.69) is 34.6 Å². The van der Waals surface area contributed by atoms with E-state index in [0.29, 0.717) is 25.7 Å². The molecule has 0 aliphatic heterocycles. The first-order chi connectivity index (χ1) is 42.5. The molecule has 19 heteroatoms. The van der Waals surface area contributed by atoms with Crippen LogP contribution in [-0.2, 0) is 65.4 Å². The molecule has 0 radical (unpaired) electrons. The van der Waals surface area contributed by atoms with Crippen LogP contribution in [0.15, 0.2) is 0 Å². The van der Waals surface area contributed by atoms with Crippen molar-refractivity contribution in [1.82, 2.24) is 0 Å². The largest absolute Gasteiger partial charge is 0.472 e. The second-order valence-corrected chi connectivity index (χ2v) is 28.3. The number of carbonyl (C=O) groups is 4. The zero-order valence-electron chi connectivity index (χ0n) is 56.9. The van der Waals surface area contributed by atoms with Gasteiger partial charge in [0.15, 0.2) is 12.2 Å². The number of esters is 4. The van der Waals surface area contributed by atoms with Gasteiger partial charge in [0, 0.05) is 25.7 Å². The quantitative estimate of drug-likeness (QED) is 0.0222. The van der Waals surface area contributed by atoms with Crippen LogP contribution in [0.2, 0.25) is 0 Å². The number of phosphoric acid groups is 2. The molecule has 0 bridgehead atoms. The summed E-state index contributed by atoms with van der Waals surface area (Å²) in [4.78, 5) is 72.2. The summed E-state index contributed by atoms with van der Waals surface area (Å²) in [6.45, 7) is 7.13. The fourth-order valence-electron chi connectivity index (χ4n) is 10.5. The highest BCUT2D eigenvalue weighted by Crippen LogP contribution is 2.45. The smallest absolute Gasteiger partial charge is 0.462 e. The summed E-state index contributed by atoms with van der Waals surface area (Å²) in [6, 6.07) is 0. The van der Waals surface area contributed by atoms with E-state index in [0.717, 1.165) is 102 Å². The van der Waals surface area contributed by atoms with Crippen LogP contribution in [0.1, 0.15) is 356 Å². The Hall–Kier alpha value is -1.94. The van der Waals surface area contributed by atoms with Crippen molar-refractivity contribution in [3.63, 3.8) is 0 Å². The molecule has 17 nitrogen and oxygen atoms in total. The number of carbonyl (C=O) groups excluding carboxylic acids is 4. The minimum atomic E-state index is -4.95. The van der Waals surface area contributed by atoms with Crippen LogP contribution in [0.4, 0.5) is 0 Å². The summed E-state index contributed by atoms with van der Waals surface area (Å²) < 4.78 is 68.0. The van der Waals surface area contributed by atoms with Crippen LogP contribution < -0.4 is 0 Å². The third-order valence-electron chi connectivity index (χ3n) is 16.0. The van der Waals surface area contributed by atoms with Gasteiger partial charge in [0.2, 0.25) is 0 Å². The lowest BCUT2D eigenvalue weighted by molar-refractivity contribution is -0.161. The first kappa shape index (κ1) is 86.1. The third-order valence-corrected chi connectivity index (χ3v) is 17.9. The van der Waals surface area contributed by atoms with Crippen molar-refractivity contribution in [3.05, 3.63) is 0 Å². The molecular weight excluding hydrogens is 1160 g/mol. The van der Waals surface area contributed by atoms with Crippen LogP contribution >= 0.6 is 15.6 Å². The highest BCUT2D eigenvalue weighted by atomic mass is 31.2. The van der Waals surface area contributed by atoms with E-state index >= 15 is 0 Å². The van der Waals surface area contributed by atoms with E-state index < -0.39 is 97.5 Å². The molecule has 0 amide bonds. The summed E-state index contributed by atoms with van der Waals surface area (Å²) in [5, 5.41) is 10.6. The van der Waals surface area contributed by atoms with E-state index in [9.17, 15) is 43.2 Å². The molecule has 0 fully saturated rings. The van der Waals surface area contributed by atoms with Crippen LogP contribution in [0.25, 0.3) is 0 Å². The van der Waals surface area contributed by atoms with Crippen molar-refractivity contribution in [2.45, 2.75) is 374 Å². The van der Waals surface area contributed by atoms with Crippen LogP contribution in [0.5, 0.6) is 0 Å². The van der Waals surface area contributed by atoms with Gasteiger partial charge in [-0.3, -0.25) is 37.3 Å². The Balaban J connectivity index is 5.16. The maximum absolute atomic E-state index is 13.0. The van der Waals surface area contributed by atoms with Crippen molar-refractivity contribution in [2.75, 3.05) is 39.6 Å². The summed E-state index contributed by atoms with van der Waals surface area (Å²) >= 11 is 0. The van der Waals surface area contributed by atoms with Gasteiger partial charge in [-0.1, -0.05) is 304 Å². The SMILES string of the molecule is CCCCCCCCCCCCCCCCCCCC(=O)O[C@H](COC(=O)CCCCCCCCCCCCCCCC)COP(=O)(O)OC[C@@H](O)COP(=O)(O)OC[C@@H](COC(=O)CCCCCCC)OC(=O)CCCCCCCCCCCC(C)C. The number of aliphatic hydroxyl groups is 1. The van der Waals surface area contributed by atoms with Crippen LogP contribution in [0.3, 0.4) is 0 Å². The average molecular weight is 1300 g/mol. The molecule has 3 N–H and O–H groups in total. The third kappa shape index (κ3) is 62.8. The fraction of sp³-hybridized carbons (Fsp3) is 0.942. The molecule has 0 aromatic rings. The Morgan fingerprint density at radius 2 is 0.523 bits per heavy atom. The number of aliphatic hydroxyl groups excluding tert-OH is 1. The van der Waals surface area contributed by atoms with Gasteiger partial charge < -0.3 is 33.8 Å². The lowest BCUT2D eigenvalue weighted by atomic mass is 10.0. The molecule has 88 heavy (non-hydrogen) atoms. The minimum absolute atomic E-state index is 0.105.